The van der Waals surface area contributed by atoms with Gasteiger partial charge in [0.25, 0.3) is 0 Å². The van der Waals surface area contributed by atoms with Crippen LogP contribution in [0.5, 0.6) is 0 Å². The molecule has 0 amide bonds. The molecular weight excluding hydrogens is 254 g/mol. The van der Waals surface area contributed by atoms with Crippen LogP contribution in [0.4, 0.5) is 0 Å². The van der Waals surface area contributed by atoms with Crippen LogP contribution in [0, 0.1) is 16.7 Å². The maximum Gasteiger partial charge on any atom is 0.212 e. The molecule has 0 aromatic carbocycles. The van der Waals surface area contributed by atoms with Gasteiger partial charge in [-0.15, -0.1) is 0 Å². The molecule has 1 heterocycles. The Morgan fingerprint density at radius 3 is 2.87 bits per heavy atom. The number of imidazole rings is 1. The third-order valence-corrected chi connectivity index (χ3v) is 4.46. The molecule has 80 valence electrons. The van der Waals surface area contributed by atoms with Gasteiger partial charge in [-0.25, -0.2) is 4.98 Å². The van der Waals surface area contributed by atoms with E-state index in [0.29, 0.717) is 11.2 Å². The topological polar surface area (TPSA) is 41.6 Å². The Kier molecular flexibility index (Phi) is 3.11. The second-order valence-electron chi connectivity index (χ2n) is 4.33. The van der Waals surface area contributed by atoms with Crippen molar-refractivity contribution in [2.24, 2.45) is 5.41 Å². The summed E-state index contributed by atoms with van der Waals surface area (Å²) in [6.07, 6.45) is 8.73. The summed E-state index contributed by atoms with van der Waals surface area (Å²) in [5, 5.41) is 9.91. The summed E-state index contributed by atoms with van der Waals surface area (Å²) >= 11 is 3.61. The predicted octanol–water partition coefficient (Wildman–Crippen LogP) is 2.71. The molecular formula is C11H14BrN3. The van der Waals surface area contributed by atoms with Crippen LogP contribution in [0.1, 0.15) is 31.5 Å². The maximum atomic E-state index is 8.89. The van der Waals surface area contributed by atoms with Gasteiger partial charge in [-0.05, 0) is 18.3 Å². The minimum atomic E-state index is 0.340. The Morgan fingerprint density at radius 1 is 1.53 bits per heavy atom. The van der Waals surface area contributed by atoms with Crippen molar-refractivity contribution in [2.75, 3.05) is 5.33 Å². The Morgan fingerprint density at radius 2 is 2.27 bits per heavy atom. The number of aromatic nitrogens is 2. The molecule has 0 radical (unpaired) electrons. The Bertz CT molecular complexity index is 371. The molecule has 0 saturated heterocycles. The van der Waals surface area contributed by atoms with Crippen molar-refractivity contribution in [1.29, 1.82) is 5.26 Å². The minimum Gasteiger partial charge on any atom is -0.322 e. The van der Waals surface area contributed by atoms with Gasteiger partial charge in [0.15, 0.2) is 0 Å². The van der Waals surface area contributed by atoms with Crippen molar-refractivity contribution < 1.29 is 0 Å². The van der Waals surface area contributed by atoms with Crippen LogP contribution in [0.2, 0.25) is 0 Å². The molecule has 0 spiro atoms. The van der Waals surface area contributed by atoms with Gasteiger partial charge in [0.05, 0.1) is 0 Å². The molecule has 0 unspecified atom stereocenters. The van der Waals surface area contributed by atoms with Gasteiger partial charge >= 0.3 is 0 Å². The molecule has 4 heteroatoms. The van der Waals surface area contributed by atoms with Gasteiger partial charge in [-0.2, -0.15) is 5.26 Å². The summed E-state index contributed by atoms with van der Waals surface area (Å²) in [5.74, 6) is 0.530. The van der Waals surface area contributed by atoms with Gasteiger partial charge < -0.3 is 4.57 Å². The molecule has 1 aliphatic carbocycles. The summed E-state index contributed by atoms with van der Waals surface area (Å²) in [6.45, 7) is 0.918. The van der Waals surface area contributed by atoms with E-state index in [1.165, 1.54) is 25.7 Å². The van der Waals surface area contributed by atoms with Crippen LogP contribution < -0.4 is 0 Å². The van der Waals surface area contributed by atoms with Crippen LogP contribution >= 0.6 is 15.9 Å². The van der Waals surface area contributed by atoms with E-state index in [-0.39, 0.29) is 0 Å². The van der Waals surface area contributed by atoms with Crippen LogP contribution in [0.3, 0.4) is 0 Å². The molecule has 2 rings (SSSR count). The zero-order chi connectivity index (χ0) is 10.7. The second kappa shape index (κ2) is 4.36. The summed E-state index contributed by atoms with van der Waals surface area (Å²) in [6, 6.07) is 2.13. The van der Waals surface area contributed by atoms with Crippen molar-refractivity contribution in [3.63, 3.8) is 0 Å². The molecule has 3 nitrogen and oxygen atoms in total. The van der Waals surface area contributed by atoms with E-state index < -0.39 is 0 Å². The second-order valence-corrected chi connectivity index (χ2v) is 4.89. The third-order valence-electron chi connectivity index (χ3n) is 3.27. The van der Waals surface area contributed by atoms with Crippen LogP contribution in [0.15, 0.2) is 12.4 Å². The molecule has 0 bridgehead atoms. The van der Waals surface area contributed by atoms with E-state index >= 15 is 0 Å². The van der Waals surface area contributed by atoms with Gasteiger partial charge in [0, 0.05) is 24.3 Å². The number of nitriles is 1. The summed E-state index contributed by atoms with van der Waals surface area (Å²) < 4.78 is 1.98. The smallest absolute Gasteiger partial charge is 0.212 e. The van der Waals surface area contributed by atoms with Crippen molar-refractivity contribution in [1.82, 2.24) is 9.55 Å². The summed E-state index contributed by atoms with van der Waals surface area (Å²) in [7, 11) is 0. The first-order valence-corrected chi connectivity index (χ1v) is 6.39. The highest BCUT2D eigenvalue weighted by Crippen LogP contribution is 2.41. The number of hydrogen-bond donors (Lipinski definition) is 0. The monoisotopic (exact) mass is 267 g/mol. The summed E-state index contributed by atoms with van der Waals surface area (Å²) in [5.41, 5.74) is 0.340. The molecule has 0 N–H and O–H groups in total. The SMILES string of the molecule is N#Cc1nccn1CC1(CBr)CCCC1. The van der Waals surface area contributed by atoms with E-state index in [4.69, 9.17) is 5.26 Å². The van der Waals surface area contributed by atoms with E-state index in [0.717, 1.165) is 11.9 Å². The highest BCUT2D eigenvalue weighted by molar-refractivity contribution is 9.09. The maximum absolute atomic E-state index is 8.89. The Balaban J connectivity index is 2.17. The average Bonchev–Trinajstić information content (AvgIpc) is 2.88. The average molecular weight is 268 g/mol. The normalized spacial score (nSPS) is 18.9. The van der Waals surface area contributed by atoms with Crippen LogP contribution in [0.25, 0.3) is 0 Å². The van der Waals surface area contributed by atoms with Gasteiger partial charge in [-0.3, -0.25) is 0 Å². The quantitative estimate of drug-likeness (QED) is 0.791. The highest BCUT2D eigenvalue weighted by Gasteiger charge is 2.33. The zero-order valence-electron chi connectivity index (χ0n) is 8.62. The Labute approximate surface area is 98.2 Å². The fourth-order valence-electron chi connectivity index (χ4n) is 2.37. The third kappa shape index (κ3) is 2.07. The zero-order valence-corrected chi connectivity index (χ0v) is 10.2. The fraction of sp³-hybridized carbons (Fsp3) is 0.636. The standard InChI is InChI=1S/C11H14BrN3/c12-8-11(3-1-2-4-11)9-15-6-5-14-10(15)7-13/h5-6H,1-4,8-9H2. The molecule has 1 aliphatic rings. The van der Waals surface area contributed by atoms with Crippen LogP contribution in [-0.2, 0) is 6.54 Å². The molecule has 1 aromatic heterocycles. The van der Waals surface area contributed by atoms with Crippen molar-refractivity contribution in [2.45, 2.75) is 32.2 Å². The fourth-order valence-corrected chi connectivity index (χ4v) is 3.11. The number of alkyl halides is 1. The van der Waals surface area contributed by atoms with E-state index in [1.54, 1.807) is 6.20 Å². The first-order valence-electron chi connectivity index (χ1n) is 5.27. The van der Waals surface area contributed by atoms with Crippen molar-refractivity contribution in [3.8, 4) is 6.07 Å². The molecule has 1 fully saturated rings. The first kappa shape index (κ1) is 10.7. The number of halogens is 1. The highest BCUT2D eigenvalue weighted by atomic mass is 79.9. The lowest BCUT2D eigenvalue weighted by Gasteiger charge is -2.27. The number of nitrogens with zero attached hydrogens (tertiary/aromatic N) is 3. The lowest BCUT2D eigenvalue weighted by Crippen LogP contribution is -2.25. The summed E-state index contributed by atoms with van der Waals surface area (Å²) in [4.78, 5) is 4.03. The lowest BCUT2D eigenvalue weighted by atomic mass is 9.89. The van der Waals surface area contributed by atoms with Crippen molar-refractivity contribution in [3.05, 3.63) is 18.2 Å². The van der Waals surface area contributed by atoms with Gasteiger partial charge in [0.2, 0.25) is 5.82 Å². The van der Waals surface area contributed by atoms with Crippen molar-refractivity contribution >= 4 is 15.9 Å². The van der Waals surface area contributed by atoms with Gasteiger partial charge in [-0.1, -0.05) is 28.8 Å². The van der Waals surface area contributed by atoms with Crippen LogP contribution in [-0.4, -0.2) is 14.9 Å². The molecule has 1 aromatic rings. The molecule has 15 heavy (non-hydrogen) atoms. The van der Waals surface area contributed by atoms with E-state index in [1.807, 2.05) is 10.8 Å². The van der Waals surface area contributed by atoms with E-state index in [2.05, 4.69) is 27.0 Å². The lowest BCUT2D eigenvalue weighted by molar-refractivity contribution is 0.291. The first-order chi connectivity index (χ1) is 7.29. The van der Waals surface area contributed by atoms with E-state index in [9.17, 15) is 0 Å². The largest absolute Gasteiger partial charge is 0.322 e. The number of rotatable bonds is 3. The molecule has 0 aliphatic heterocycles. The minimum absolute atomic E-state index is 0.340. The Hall–Kier alpha value is -0.820. The van der Waals surface area contributed by atoms with Gasteiger partial charge in [0.1, 0.15) is 6.07 Å². The molecule has 0 atom stereocenters. The molecule has 1 saturated carbocycles. The number of hydrogen-bond acceptors (Lipinski definition) is 2. The predicted molar refractivity (Wildman–Crippen MR) is 61.6 cm³/mol.